The van der Waals surface area contributed by atoms with Gasteiger partial charge in [-0.15, -0.1) is 0 Å². The second kappa shape index (κ2) is 16.7. The van der Waals surface area contributed by atoms with Crippen molar-refractivity contribution < 1.29 is 30.2 Å². The van der Waals surface area contributed by atoms with Crippen LogP contribution in [0.1, 0.15) is 95.5 Å². The van der Waals surface area contributed by atoms with Gasteiger partial charge in [0.1, 0.15) is 11.9 Å². The van der Waals surface area contributed by atoms with E-state index in [0.717, 1.165) is 107 Å². The number of carbonyl (C=O) groups is 6. The van der Waals surface area contributed by atoms with Gasteiger partial charge < -0.3 is 35.6 Å². The van der Waals surface area contributed by atoms with E-state index in [-0.39, 0.29) is 32.0 Å². The number of nitrogens with zero attached hydrogens (tertiary/aromatic N) is 8. The summed E-state index contributed by atoms with van der Waals surface area (Å²) in [6.45, 7) is 7.70. The molecule has 2 atom stereocenters. The molecule has 0 radical (unpaired) electrons. The Morgan fingerprint density at radius 1 is 0.852 bits per heavy atom. The lowest BCUT2D eigenvalue weighted by Crippen LogP contribution is -2.54. The number of piperidine rings is 4. The number of urea groups is 1. The summed E-state index contributed by atoms with van der Waals surface area (Å²) < 4.78 is 0. The van der Waals surface area contributed by atoms with Gasteiger partial charge in [0.25, 0.3) is 17.7 Å². The molecule has 17 heteroatoms. The van der Waals surface area contributed by atoms with E-state index < -0.39 is 35.6 Å². The summed E-state index contributed by atoms with van der Waals surface area (Å²) in [5, 5.41) is 5.55. The summed E-state index contributed by atoms with van der Waals surface area (Å²) in [5.74, 6) is -0.648. The first-order valence-electron chi connectivity index (χ1n) is 21.6. The minimum Gasteiger partial charge on any atom is -0.371 e. The monoisotopic (exact) mass is 833 g/mol. The lowest BCUT2D eigenvalue weighted by molar-refractivity contribution is -0.136. The first-order valence-corrected chi connectivity index (χ1v) is 21.6. The molecule has 0 saturated carbocycles. The highest BCUT2D eigenvalue weighted by molar-refractivity contribution is 6.23. The second-order valence-electron chi connectivity index (χ2n) is 17.4. The zero-order valence-electron chi connectivity index (χ0n) is 34.6. The predicted octanol–water partition coefficient (Wildman–Crippen LogP) is 3.40. The van der Waals surface area contributed by atoms with Crippen LogP contribution in [0, 0.1) is 5.92 Å². The van der Waals surface area contributed by atoms with Gasteiger partial charge in [0.15, 0.2) is 11.5 Å². The molecule has 5 saturated heterocycles. The highest BCUT2D eigenvalue weighted by Crippen LogP contribution is 2.34. The van der Waals surface area contributed by atoms with Crippen molar-refractivity contribution in [1.29, 1.82) is 0 Å². The summed E-state index contributed by atoms with van der Waals surface area (Å²) in [6.07, 6.45) is 7.88. The Kier molecular flexibility index (Phi) is 11.1. The molecule has 1 aromatic heterocycles. The van der Waals surface area contributed by atoms with Crippen LogP contribution in [0.25, 0.3) is 0 Å². The molecule has 3 aromatic rings. The Morgan fingerprint density at radius 3 is 2.31 bits per heavy atom. The number of nitrogens with one attached hydrogen (secondary N) is 2. The number of likely N-dealkylation sites (N-methyl/N-ethyl adjacent to an activating group) is 1. The number of fused-ring (bicyclic) bond motifs is 1. The number of hydrogen-bond acceptors (Lipinski definition) is 12. The van der Waals surface area contributed by atoms with Gasteiger partial charge in [0.2, 0.25) is 11.8 Å². The fraction of sp³-hybridized carbons (Fsp3) is 0.500. The largest absolute Gasteiger partial charge is 0.371 e. The average Bonchev–Trinajstić information content (AvgIpc) is 3.73. The second-order valence-corrected chi connectivity index (χ2v) is 17.4. The minimum atomic E-state index is -0.972. The molecule has 4 N–H and O–H groups in total. The molecule has 6 aliphatic heterocycles. The highest BCUT2D eigenvalue weighted by Gasteiger charge is 2.45. The van der Waals surface area contributed by atoms with Gasteiger partial charge in [-0.3, -0.25) is 34.2 Å². The SMILES string of the molecule is CN1CCN([C@@H]2CCCN(c3cnc(C(N)=O)c(Nc4ccc(C5CCN(CC6CCN(c7ccc8c(c7)C(=O)N(C7CCC(=O)NC7=O)C8=O)CC6)CC5)cc4)n3)C2)C1=O.[HH]. The van der Waals surface area contributed by atoms with Crippen LogP contribution in [0.15, 0.2) is 48.7 Å². The van der Waals surface area contributed by atoms with Crippen molar-refractivity contribution in [3.8, 4) is 0 Å². The number of imide groups is 2. The molecule has 61 heavy (non-hydrogen) atoms. The van der Waals surface area contributed by atoms with Crippen LogP contribution in [-0.4, -0.2) is 143 Å². The maximum absolute atomic E-state index is 13.4. The lowest BCUT2D eigenvalue weighted by Gasteiger charge is -2.38. The number of nitrogens with two attached hydrogens (primary N) is 1. The fourth-order valence-electron chi connectivity index (χ4n) is 10.0. The molecule has 7 amide bonds. The molecule has 7 heterocycles. The Morgan fingerprint density at radius 2 is 1.61 bits per heavy atom. The number of primary amides is 1. The van der Waals surface area contributed by atoms with Crippen LogP contribution in [0.5, 0.6) is 0 Å². The van der Waals surface area contributed by atoms with Gasteiger partial charge in [-0.05, 0) is 106 Å². The van der Waals surface area contributed by atoms with Crippen molar-refractivity contribution in [1.82, 2.24) is 34.9 Å². The van der Waals surface area contributed by atoms with E-state index in [4.69, 9.17) is 10.7 Å². The average molecular weight is 834 g/mol. The van der Waals surface area contributed by atoms with E-state index in [1.54, 1.807) is 23.2 Å². The first kappa shape index (κ1) is 40.3. The van der Waals surface area contributed by atoms with Crippen molar-refractivity contribution in [3.05, 3.63) is 71.0 Å². The molecule has 1 unspecified atom stereocenters. The maximum Gasteiger partial charge on any atom is 0.320 e. The van der Waals surface area contributed by atoms with Crippen molar-refractivity contribution in [2.45, 2.75) is 69.4 Å². The number of likely N-dealkylation sites (tertiary alicyclic amines) is 1. The zero-order chi connectivity index (χ0) is 42.4. The number of anilines is 4. The molecule has 17 nitrogen and oxygen atoms in total. The van der Waals surface area contributed by atoms with Gasteiger partial charge in [0.05, 0.1) is 23.4 Å². The fourth-order valence-corrected chi connectivity index (χ4v) is 10.0. The number of hydrogen-bond donors (Lipinski definition) is 3. The van der Waals surface area contributed by atoms with E-state index in [9.17, 15) is 28.8 Å². The number of rotatable bonds is 10. The maximum atomic E-state index is 13.4. The lowest BCUT2D eigenvalue weighted by atomic mass is 9.88. The Bertz CT molecular complexity index is 2240. The van der Waals surface area contributed by atoms with Gasteiger partial charge in [0, 0.05) is 72.1 Å². The van der Waals surface area contributed by atoms with Crippen LogP contribution in [0.4, 0.5) is 27.8 Å². The van der Waals surface area contributed by atoms with Crippen LogP contribution < -0.4 is 26.2 Å². The molecule has 9 rings (SSSR count). The van der Waals surface area contributed by atoms with E-state index in [1.807, 2.05) is 30.1 Å². The highest BCUT2D eigenvalue weighted by atomic mass is 16.2. The van der Waals surface area contributed by atoms with Crippen LogP contribution in [0.3, 0.4) is 0 Å². The normalized spacial score (nSPS) is 23.2. The summed E-state index contributed by atoms with van der Waals surface area (Å²) in [5.41, 5.74) is 9.38. The minimum absolute atomic E-state index is 0. The van der Waals surface area contributed by atoms with Crippen LogP contribution in [-0.2, 0) is 9.59 Å². The van der Waals surface area contributed by atoms with E-state index >= 15 is 0 Å². The predicted molar refractivity (Wildman–Crippen MR) is 229 cm³/mol. The summed E-state index contributed by atoms with van der Waals surface area (Å²) in [6, 6.07) is 12.9. The number of benzene rings is 2. The molecule has 5 fully saturated rings. The van der Waals surface area contributed by atoms with Gasteiger partial charge in [-0.25, -0.2) is 14.8 Å². The molecule has 6 aliphatic rings. The zero-order valence-corrected chi connectivity index (χ0v) is 34.6. The van der Waals surface area contributed by atoms with Crippen molar-refractivity contribution in [2.75, 3.05) is 81.1 Å². The molecular weight excluding hydrogens is 779 g/mol. The van der Waals surface area contributed by atoms with Crippen LogP contribution in [0.2, 0.25) is 0 Å². The molecule has 322 valence electrons. The molecular formula is C44H55N11O6. The van der Waals surface area contributed by atoms with Crippen molar-refractivity contribution in [3.63, 3.8) is 0 Å². The Hall–Kier alpha value is -6.10. The van der Waals surface area contributed by atoms with E-state index in [2.05, 4.69) is 42.5 Å². The molecule has 0 bridgehead atoms. The standard InChI is InChI=1S/C44H53N11O6.H2/c1-50-21-22-54(44(50)61)32-3-2-16-53(26-32)36-24-46-38(39(45)57)40(48-36)47-30-6-4-28(5-7-30)29-14-17-51(18-15-29)25-27-12-19-52(20-13-27)31-8-9-33-34(23-31)43(60)55(42(33)59)35-10-11-37(56)49-41(35)58;/h4-9,23-24,27,29,32,35H,2-3,10-22,25-26H2,1H3,(H2,45,57)(H,47,48)(H,49,56,58);1H/t32-,35?;/m1./s1. The summed E-state index contributed by atoms with van der Waals surface area (Å²) in [4.78, 5) is 96.6. The smallest absolute Gasteiger partial charge is 0.320 e. The third kappa shape index (κ3) is 8.10. The van der Waals surface area contributed by atoms with Gasteiger partial charge in [-0.1, -0.05) is 12.1 Å². The topological polar surface area (TPSA) is 198 Å². The number of amides is 7. The molecule has 0 aliphatic carbocycles. The Labute approximate surface area is 356 Å². The number of carbonyl (C=O) groups excluding carboxylic acids is 6. The van der Waals surface area contributed by atoms with E-state index in [0.29, 0.717) is 41.1 Å². The molecule has 2 aromatic carbocycles. The van der Waals surface area contributed by atoms with Crippen LogP contribution >= 0.6 is 0 Å². The number of aromatic nitrogens is 2. The van der Waals surface area contributed by atoms with Gasteiger partial charge >= 0.3 is 6.03 Å². The van der Waals surface area contributed by atoms with E-state index in [1.165, 1.54) is 5.56 Å². The third-order valence-electron chi connectivity index (χ3n) is 13.6. The van der Waals surface area contributed by atoms with Crippen molar-refractivity contribution >= 4 is 58.6 Å². The first-order chi connectivity index (χ1) is 29.5. The van der Waals surface area contributed by atoms with Crippen molar-refractivity contribution in [2.24, 2.45) is 11.7 Å². The molecule has 0 spiro atoms. The van der Waals surface area contributed by atoms with Gasteiger partial charge in [-0.2, -0.15) is 0 Å². The quantitative estimate of drug-likeness (QED) is 0.252. The summed E-state index contributed by atoms with van der Waals surface area (Å²) >= 11 is 0. The Balaban J connectivity index is 0.00000529. The third-order valence-corrected chi connectivity index (χ3v) is 13.6. The summed E-state index contributed by atoms with van der Waals surface area (Å²) in [7, 11) is 1.83.